The van der Waals surface area contributed by atoms with Crippen molar-refractivity contribution >= 4 is 23.4 Å². The number of hydrogen-bond donors (Lipinski definition) is 3. The molecule has 0 saturated heterocycles. The lowest BCUT2D eigenvalue weighted by molar-refractivity contribution is -0.120. The second kappa shape index (κ2) is 26.1. The smallest absolute Gasteiger partial charge is 0.132 e. The van der Waals surface area contributed by atoms with Gasteiger partial charge < -0.3 is 15.6 Å². The summed E-state index contributed by atoms with van der Waals surface area (Å²) in [5.74, 6) is 1.05. The van der Waals surface area contributed by atoms with Crippen molar-refractivity contribution < 1.29 is 20.4 Å². The van der Waals surface area contributed by atoms with Gasteiger partial charge in [0.2, 0.25) is 0 Å². The molecule has 3 N–H and O–H groups in total. The molecule has 0 aromatic rings. The van der Waals surface area contributed by atoms with Crippen LogP contribution in [-0.2, 0) is 4.79 Å². The van der Waals surface area contributed by atoms with E-state index >= 15 is 0 Å². The number of hydrogen-bond acceptors (Lipinski definition) is 7. The Morgan fingerprint density at radius 2 is 1.52 bits per heavy atom. The Morgan fingerprint density at radius 1 is 0.966 bits per heavy atom. The lowest BCUT2D eigenvalue weighted by Crippen LogP contribution is -2.02. The minimum atomic E-state index is 0.464. The third-order valence-corrected chi connectivity index (χ3v) is 3.86. The van der Waals surface area contributed by atoms with E-state index in [1.54, 1.807) is 0 Å². The Balaban J connectivity index is -0.000000317. The Bertz CT molecular complexity index is 439. The Hall–Kier alpha value is -1.92. The predicted octanol–water partition coefficient (Wildman–Crippen LogP) is 6.68. The van der Waals surface area contributed by atoms with Crippen LogP contribution in [0.2, 0.25) is 0 Å². The fraction of sp³-hybridized carbons (Fsp3) is 0.818. The zero-order valence-corrected chi connectivity index (χ0v) is 19.5. The summed E-state index contributed by atoms with van der Waals surface area (Å²) in [6.45, 7) is 11.9. The lowest BCUT2D eigenvalue weighted by Gasteiger charge is -2.05. The molecule has 0 aromatic carbocycles. The summed E-state index contributed by atoms with van der Waals surface area (Å²) in [5, 5.41) is 32.9. The van der Waals surface area contributed by atoms with Gasteiger partial charge in [-0.15, -0.1) is 5.16 Å². The summed E-state index contributed by atoms with van der Waals surface area (Å²) in [5.41, 5.74) is 1.64. The van der Waals surface area contributed by atoms with Gasteiger partial charge in [-0.2, -0.15) is 0 Å². The SMILES string of the molecule is CC(CC(C)C)=NO.CCC=NO.CCCCCC(C)=NO.O=C1CCCCC1. The van der Waals surface area contributed by atoms with Gasteiger partial charge in [-0.25, -0.2) is 0 Å². The van der Waals surface area contributed by atoms with Gasteiger partial charge in [0.05, 0.1) is 11.4 Å². The van der Waals surface area contributed by atoms with Crippen LogP contribution in [0.25, 0.3) is 0 Å². The Labute approximate surface area is 178 Å². The Kier molecular flexibility index (Phi) is 28.6. The van der Waals surface area contributed by atoms with Crippen LogP contribution in [-0.4, -0.2) is 39.0 Å². The number of unbranched alkanes of at least 4 members (excludes halogenated alkanes) is 2. The maximum atomic E-state index is 10.5. The molecule has 1 saturated carbocycles. The average molecular weight is 416 g/mol. The molecule has 0 heterocycles. The summed E-state index contributed by atoms with van der Waals surface area (Å²) >= 11 is 0. The van der Waals surface area contributed by atoms with E-state index in [0.717, 1.165) is 62.8 Å². The second-order valence-electron chi connectivity index (χ2n) is 7.53. The number of carbonyl (C=O) groups is 1. The summed E-state index contributed by atoms with van der Waals surface area (Å²) in [7, 11) is 0. The van der Waals surface area contributed by atoms with E-state index in [2.05, 4.69) is 36.2 Å². The molecule has 7 nitrogen and oxygen atoms in total. The fourth-order valence-corrected chi connectivity index (χ4v) is 2.34. The second-order valence-corrected chi connectivity index (χ2v) is 7.53. The number of ketones is 1. The van der Waals surface area contributed by atoms with E-state index in [1.165, 1.54) is 25.5 Å². The zero-order chi connectivity index (χ0) is 22.9. The Morgan fingerprint density at radius 3 is 1.76 bits per heavy atom. The first-order chi connectivity index (χ1) is 13.8. The molecule has 1 rings (SSSR count). The third-order valence-electron chi connectivity index (χ3n) is 3.86. The molecule has 1 aliphatic rings. The molecule has 7 heteroatoms. The maximum absolute atomic E-state index is 10.5. The zero-order valence-electron chi connectivity index (χ0n) is 19.5. The van der Waals surface area contributed by atoms with Crippen molar-refractivity contribution in [1.82, 2.24) is 0 Å². The summed E-state index contributed by atoms with van der Waals surface area (Å²) in [6, 6.07) is 0. The van der Waals surface area contributed by atoms with Crippen molar-refractivity contribution in [3.8, 4) is 0 Å². The molecule has 0 unspecified atom stereocenters. The van der Waals surface area contributed by atoms with E-state index in [9.17, 15) is 4.79 Å². The van der Waals surface area contributed by atoms with Gasteiger partial charge in [0, 0.05) is 19.1 Å². The monoisotopic (exact) mass is 415 g/mol. The van der Waals surface area contributed by atoms with Gasteiger partial charge in [-0.3, -0.25) is 4.79 Å². The first-order valence-electron chi connectivity index (χ1n) is 10.8. The number of carbonyl (C=O) groups excluding carboxylic acids is 1. The van der Waals surface area contributed by atoms with Crippen molar-refractivity contribution in [2.45, 2.75) is 112 Å². The third kappa shape index (κ3) is 34.0. The normalized spacial score (nSPS) is 14.4. The minimum absolute atomic E-state index is 0.464. The highest BCUT2D eigenvalue weighted by atomic mass is 16.4. The van der Waals surface area contributed by atoms with Crippen LogP contribution in [0.3, 0.4) is 0 Å². The molecule has 0 atom stereocenters. The molecule has 0 amide bonds. The van der Waals surface area contributed by atoms with Gasteiger partial charge >= 0.3 is 0 Å². The summed E-state index contributed by atoms with van der Waals surface area (Å²) < 4.78 is 0. The van der Waals surface area contributed by atoms with Crippen LogP contribution in [0.1, 0.15) is 112 Å². The van der Waals surface area contributed by atoms with Crippen LogP contribution in [0, 0.1) is 5.92 Å². The average Bonchev–Trinajstić information content (AvgIpc) is 2.70. The molecule has 172 valence electrons. The van der Waals surface area contributed by atoms with E-state index in [0.29, 0.717) is 11.7 Å². The number of oxime groups is 3. The highest BCUT2D eigenvalue weighted by molar-refractivity contribution is 5.81. The van der Waals surface area contributed by atoms with Crippen LogP contribution in [0.15, 0.2) is 15.5 Å². The first kappa shape index (κ1) is 31.8. The molecule has 1 aliphatic carbocycles. The molecule has 0 bridgehead atoms. The van der Waals surface area contributed by atoms with E-state index in [4.69, 9.17) is 15.6 Å². The van der Waals surface area contributed by atoms with Crippen molar-refractivity contribution in [3.63, 3.8) is 0 Å². The van der Waals surface area contributed by atoms with Crippen LogP contribution < -0.4 is 0 Å². The van der Waals surface area contributed by atoms with E-state index in [1.807, 2.05) is 20.8 Å². The summed E-state index contributed by atoms with van der Waals surface area (Å²) in [6.07, 6.45) is 12.9. The summed E-state index contributed by atoms with van der Waals surface area (Å²) in [4.78, 5) is 10.5. The standard InChI is InChI=1S/C7H15NO.C6H13NO.C6H10O.C3H7NO/c1-3-4-5-6-7(2)8-9;1-5(2)4-6(3)7-8;7-6-4-2-1-3-5-6;1-2-3-4-5/h9H,3-6H2,1-2H3;5,8H,4H2,1-3H3;1-5H2;3,5H,2H2,1H3. The number of rotatable bonds is 7. The molecule has 1 fully saturated rings. The molecule has 0 aliphatic heterocycles. The highest BCUT2D eigenvalue weighted by Gasteiger charge is 2.06. The molecular weight excluding hydrogens is 370 g/mol. The van der Waals surface area contributed by atoms with Crippen molar-refractivity contribution in [3.05, 3.63) is 0 Å². The van der Waals surface area contributed by atoms with Crippen molar-refractivity contribution in [2.75, 3.05) is 0 Å². The van der Waals surface area contributed by atoms with E-state index < -0.39 is 0 Å². The van der Waals surface area contributed by atoms with Gasteiger partial charge in [-0.05, 0) is 58.3 Å². The van der Waals surface area contributed by atoms with Gasteiger partial charge in [0.1, 0.15) is 5.78 Å². The largest absolute Gasteiger partial charge is 0.411 e. The quantitative estimate of drug-likeness (QED) is 0.186. The van der Waals surface area contributed by atoms with Gasteiger partial charge in [0.15, 0.2) is 0 Å². The molecular formula is C22H45N3O4. The van der Waals surface area contributed by atoms with Crippen LogP contribution in [0.5, 0.6) is 0 Å². The first-order valence-corrected chi connectivity index (χ1v) is 10.8. The topological polar surface area (TPSA) is 115 Å². The number of Topliss-reactive ketones (excluding diaryl/α,β-unsaturated/α-hetero) is 1. The number of nitrogens with zero attached hydrogens (tertiary/aromatic N) is 3. The predicted molar refractivity (Wildman–Crippen MR) is 122 cm³/mol. The fourth-order valence-electron chi connectivity index (χ4n) is 2.34. The van der Waals surface area contributed by atoms with Crippen molar-refractivity contribution in [2.24, 2.45) is 21.4 Å². The van der Waals surface area contributed by atoms with Gasteiger partial charge in [-0.1, -0.05) is 57.3 Å². The van der Waals surface area contributed by atoms with Gasteiger partial charge in [0.25, 0.3) is 0 Å². The molecule has 29 heavy (non-hydrogen) atoms. The van der Waals surface area contributed by atoms with E-state index in [-0.39, 0.29) is 0 Å². The molecule has 0 aromatic heterocycles. The van der Waals surface area contributed by atoms with Crippen LogP contribution in [0.4, 0.5) is 0 Å². The highest BCUT2D eigenvalue weighted by Crippen LogP contribution is 2.12. The lowest BCUT2D eigenvalue weighted by atomic mass is 10.00. The maximum Gasteiger partial charge on any atom is 0.132 e. The minimum Gasteiger partial charge on any atom is -0.411 e. The van der Waals surface area contributed by atoms with Crippen LogP contribution >= 0.6 is 0 Å². The molecule has 0 radical (unpaired) electrons. The van der Waals surface area contributed by atoms with Crippen molar-refractivity contribution in [1.29, 1.82) is 0 Å². The molecule has 0 spiro atoms.